The lowest BCUT2D eigenvalue weighted by molar-refractivity contribution is 0.416. The van der Waals surface area contributed by atoms with Crippen molar-refractivity contribution in [3.05, 3.63) is 42.4 Å². The van der Waals surface area contributed by atoms with Crippen LogP contribution in [-0.4, -0.2) is 29.1 Å². The minimum Gasteiger partial charge on any atom is -0.496 e. The van der Waals surface area contributed by atoms with Crippen LogP contribution < -0.4 is 15.8 Å². The van der Waals surface area contributed by atoms with E-state index in [4.69, 9.17) is 15.5 Å². The number of nitrogens with two attached hydrogens (primary N) is 1. The summed E-state index contributed by atoms with van der Waals surface area (Å²) >= 11 is 0. The van der Waals surface area contributed by atoms with Gasteiger partial charge in [0.15, 0.2) is 0 Å². The van der Waals surface area contributed by atoms with Crippen molar-refractivity contribution in [3.8, 4) is 28.4 Å². The molecule has 6 heteroatoms. The van der Waals surface area contributed by atoms with Crippen molar-refractivity contribution < 1.29 is 4.74 Å². The standard InChI is InChI=1S/C17H19N5O/c1-10-16(11-5-4-6-20-9-11)22-17(21-10)12-7-13(18)14(19-2)8-15(12)23-3/h4-9,19H,18H2,1-3H3,(H,21,22). The molecule has 3 aromatic rings. The van der Waals surface area contributed by atoms with E-state index in [1.807, 2.05) is 38.2 Å². The van der Waals surface area contributed by atoms with Crippen LogP contribution in [0.25, 0.3) is 22.6 Å². The van der Waals surface area contributed by atoms with E-state index in [0.717, 1.165) is 28.2 Å². The quantitative estimate of drug-likeness (QED) is 0.644. The molecule has 118 valence electrons. The lowest BCUT2D eigenvalue weighted by Gasteiger charge is -2.11. The second-order valence-corrected chi connectivity index (χ2v) is 5.19. The number of nitrogen functional groups attached to an aromatic ring is 1. The van der Waals surface area contributed by atoms with Gasteiger partial charge in [-0.2, -0.15) is 0 Å². The minimum absolute atomic E-state index is 0.639. The molecule has 0 aliphatic rings. The fraction of sp³-hybridized carbons (Fsp3) is 0.176. The van der Waals surface area contributed by atoms with Gasteiger partial charge in [-0.1, -0.05) is 0 Å². The van der Waals surface area contributed by atoms with Gasteiger partial charge in [-0.3, -0.25) is 4.98 Å². The Morgan fingerprint density at radius 2 is 2.13 bits per heavy atom. The molecule has 23 heavy (non-hydrogen) atoms. The summed E-state index contributed by atoms with van der Waals surface area (Å²) < 4.78 is 5.48. The molecule has 0 spiro atoms. The third kappa shape index (κ3) is 2.70. The highest BCUT2D eigenvalue weighted by molar-refractivity contribution is 5.80. The van der Waals surface area contributed by atoms with Gasteiger partial charge in [-0.05, 0) is 25.1 Å². The monoisotopic (exact) mass is 309 g/mol. The van der Waals surface area contributed by atoms with Crippen LogP contribution in [0.2, 0.25) is 0 Å². The van der Waals surface area contributed by atoms with Gasteiger partial charge in [-0.25, -0.2) is 4.98 Å². The van der Waals surface area contributed by atoms with Crippen LogP contribution in [0.1, 0.15) is 5.69 Å². The molecular formula is C17H19N5O. The van der Waals surface area contributed by atoms with Crippen molar-refractivity contribution in [2.24, 2.45) is 0 Å². The lowest BCUT2D eigenvalue weighted by Crippen LogP contribution is -1.99. The van der Waals surface area contributed by atoms with E-state index in [2.05, 4.69) is 15.3 Å². The van der Waals surface area contributed by atoms with Gasteiger partial charge in [0.05, 0.1) is 29.7 Å². The van der Waals surface area contributed by atoms with Gasteiger partial charge in [0.25, 0.3) is 0 Å². The number of H-pyrrole nitrogens is 1. The first-order valence-electron chi connectivity index (χ1n) is 7.26. The summed E-state index contributed by atoms with van der Waals surface area (Å²) in [4.78, 5) is 12.2. The molecule has 0 amide bonds. The number of anilines is 2. The van der Waals surface area contributed by atoms with Crippen molar-refractivity contribution in [3.63, 3.8) is 0 Å². The molecule has 0 saturated carbocycles. The lowest BCUT2D eigenvalue weighted by atomic mass is 10.1. The van der Waals surface area contributed by atoms with Crippen LogP contribution in [0, 0.1) is 6.92 Å². The molecule has 0 aliphatic heterocycles. The molecule has 1 aromatic carbocycles. The van der Waals surface area contributed by atoms with Crippen molar-refractivity contribution in [1.82, 2.24) is 15.0 Å². The van der Waals surface area contributed by atoms with Crippen molar-refractivity contribution in [2.75, 3.05) is 25.2 Å². The maximum absolute atomic E-state index is 6.08. The largest absolute Gasteiger partial charge is 0.496 e. The second kappa shape index (κ2) is 6.00. The van der Waals surface area contributed by atoms with Gasteiger partial charge >= 0.3 is 0 Å². The van der Waals surface area contributed by atoms with Crippen LogP contribution in [0.15, 0.2) is 36.7 Å². The van der Waals surface area contributed by atoms with E-state index < -0.39 is 0 Å². The van der Waals surface area contributed by atoms with Gasteiger partial charge in [-0.15, -0.1) is 0 Å². The Hall–Kier alpha value is -3.02. The number of nitrogens with one attached hydrogen (secondary N) is 2. The Balaban J connectivity index is 2.12. The number of rotatable bonds is 4. The third-order valence-electron chi connectivity index (χ3n) is 3.72. The molecular weight excluding hydrogens is 290 g/mol. The van der Waals surface area contributed by atoms with Crippen LogP contribution in [0.5, 0.6) is 5.75 Å². The fourth-order valence-corrected chi connectivity index (χ4v) is 2.54. The summed E-state index contributed by atoms with van der Waals surface area (Å²) in [7, 11) is 3.45. The number of hydrogen-bond acceptors (Lipinski definition) is 5. The maximum atomic E-state index is 6.08. The number of aryl methyl sites for hydroxylation is 1. The minimum atomic E-state index is 0.639. The van der Waals surface area contributed by atoms with E-state index in [-0.39, 0.29) is 0 Å². The third-order valence-corrected chi connectivity index (χ3v) is 3.72. The zero-order valence-corrected chi connectivity index (χ0v) is 13.3. The number of hydrogen-bond donors (Lipinski definition) is 3. The number of ether oxygens (including phenoxy) is 1. The number of aromatic nitrogens is 3. The number of nitrogens with zero attached hydrogens (tertiary/aromatic N) is 2. The number of benzene rings is 1. The predicted octanol–water partition coefficient (Wildman–Crippen LogP) is 3.08. The summed E-state index contributed by atoms with van der Waals surface area (Å²) in [6.45, 7) is 1.98. The molecule has 4 N–H and O–H groups in total. The van der Waals surface area contributed by atoms with Crippen molar-refractivity contribution >= 4 is 11.4 Å². The van der Waals surface area contributed by atoms with E-state index >= 15 is 0 Å². The molecule has 6 nitrogen and oxygen atoms in total. The highest BCUT2D eigenvalue weighted by Crippen LogP contribution is 2.36. The van der Waals surface area contributed by atoms with E-state index in [9.17, 15) is 0 Å². The molecule has 3 rings (SSSR count). The van der Waals surface area contributed by atoms with Crippen LogP contribution in [0.4, 0.5) is 11.4 Å². The highest BCUT2D eigenvalue weighted by Gasteiger charge is 2.16. The van der Waals surface area contributed by atoms with Crippen molar-refractivity contribution in [1.29, 1.82) is 0 Å². The first-order valence-corrected chi connectivity index (χ1v) is 7.26. The fourth-order valence-electron chi connectivity index (χ4n) is 2.54. The molecule has 0 atom stereocenters. The average molecular weight is 309 g/mol. The molecule has 2 aromatic heterocycles. The van der Waals surface area contributed by atoms with E-state index in [1.165, 1.54) is 0 Å². The maximum Gasteiger partial charge on any atom is 0.142 e. The number of methoxy groups -OCH3 is 1. The summed E-state index contributed by atoms with van der Waals surface area (Å²) in [5.74, 6) is 1.42. The van der Waals surface area contributed by atoms with E-state index in [0.29, 0.717) is 17.3 Å². The Kier molecular flexibility index (Phi) is 3.89. The Labute approximate surface area is 134 Å². The van der Waals surface area contributed by atoms with Gasteiger partial charge in [0, 0.05) is 36.8 Å². The van der Waals surface area contributed by atoms with Crippen LogP contribution in [0.3, 0.4) is 0 Å². The van der Waals surface area contributed by atoms with Gasteiger partial charge in [0.1, 0.15) is 11.6 Å². The molecule has 2 heterocycles. The second-order valence-electron chi connectivity index (χ2n) is 5.19. The first kappa shape index (κ1) is 14.9. The van der Waals surface area contributed by atoms with Crippen LogP contribution >= 0.6 is 0 Å². The Morgan fingerprint density at radius 1 is 1.30 bits per heavy atom. The van der Waals surface area contributed by atoms with Gasteiger partial charge < -0.3 is 20.8 Å². The molecule has 0 aliphatic carbocycles. The van der Waals surface area contributed by atoms with Crippen LogP contribution in [-0.2, 0) is 0 Å². The molecule has 0 saturated heterocycles. The zero-order chi connectivity index (χ0) is 16.4. The molecule has 0 unspecified atom stereocenters. The SMILES string of the molecule is CNc1cc(OC)c(-c2nc(-c3cccnc3)c(C)[nH]2)cc1N. The molecule has 0 fully saturated rings. The van der Waals surface area contributed by atoms with E-state index in [1.54, 1.807) is 19.5 Å². The number of imidazole rings is 1. The zero-order valence-electron chi connectivity index (χ0n) is 13.3. The summed E-state index contributed by atoms with van der Waals surface area (Å²) in [6.07, 6.45) is 3.54. The highest BCUT2D eigenvalue weighted by atomic mass is 16.5. The smallest absolute Gasteiger partial charge is 0.142 e. The van der Waals surface area contributed by atoms with Gasteiger partial charge in [0.2, 0.25) is 0 Å². The average Bonchev–Trinajstić information content (AvgIpc) is 2.97. The number of aromatic amines is 1. The predicted molar refractivity (Wildman–Crippen MR) is 92.5 cm³/mol. The Morgan fingerprint density at radius 3 is 2.78 bits per heavy atom. The summed E-state index contributed by atoms with van der Waals surface area (Å²) in [5.41, 5.74) is 11.2. The summed E-state index contributed by atoms with van der Waals surface area (Å²) in [5, 5.41) is 3.05. The first-order chi connectivity index (χ1) is 11.1. The Bertz CT molecular complexity index is 827. The van der Waals surface area contributed by atoms with Crippen molar-refractivity contribution in [2.45, 2.75) is 6.92 Å². The summed E-state index contributed by atoms with van der Waals surface area (Å²) in [6, 6.07) is 7.60. The molecule has 0 bridgehead atoms. The topological polar surface area (TPSA) is 88.8 Å². The normalized spacial score (nSPS) is 10.6. The number of pyridine rings is 1. The molecule has 0 radical (unpaired) electrons.